The normalized spacial score (nSPS) is 11.9. The number of carboxylic acid groups (broad SMARTS) is 1. The van der Waals surface area contributed by atoms with Gasteiger partial charge in [-0.15, -0.1) is 0 Å². The van der Waals surface area contributed by atoms with Crippen molar-refractivity contribution >= 4 is 11.9 Å². The highest BCUT2D eigenvalue weighted by Crippen LogP contribution is 2.09. The molecule has 2 N–H and O–H groups in total. The number of carboxylic acids is 1. The molecular weight excluding hydrogens is 268 g/mol. The zero-order chi connectivity index (χ0) is 15.5. The summed E-state index contributed by atoms with van der Waals surface area (Å²) in [6.07, 6.45) is 10.0. The second-order valence-corrected chi connectivity index (χ2v) is 5.16. The van der Waals surface area contributed by atoms with E-state index in [1.54, 1.807) is 18.3 Å². The molecule has 0 aliphatic heterocycles. The number of hydrogen-bond donors (Lipinski definition) is 2. The van der Waals surface area contributed by atoms with Crippen LogP contribution in [-0.2, 0) is 4.79 Å². The topological polar surface area (TPSA) is 79.3 Å². The summed E-state index contributed by atoms with van der Waals surface area (Å²) < 4.78 is 0. The second-order valence-electron chi connectivity index (χ2n) is 5.16. The molecule has 1 rings (SSSR count). The van der Waals surface area contributed by atoms with Crippen molar-refractivity contribution in [1.29, 1.82) is 0 Å². The SMILES string of the molecule is CCCCCCCC[C@H](NC(=O)c1cccnc1)C(=O)O. The molecule has 0 unspecified atom stereocenters. The van der Waals surface area contributed by atoms with Crippen molar-refractivity contribution in [1.82, 2.24) is 10.3 Å². The van der Waals surface area contributed by atoms with E-state index in [0.717, 1.165) is 19.3 Å². The maximum Gasteiger partial charge on any atom is 0.326 e. The molecular formula is C16H24N2O3. The number of nitrogens with zero attached hydrogens (tertiary/aromatic N) is 1. The molecule has 21 heavy (non-hydrogen) atoms. The molecule has 0 fully saturated rings. The van der Waals surface area contributed by atoms with Gasteiger partial charge in [0.2, 0.25) is 0 Å². The fourth-order valence-corrected chi connectivity index (χ4v) is 2.12. The molecule has 1 amide bonds. The first kappa shape index (κ1) is 17.1. The van der Waals surface area contributed by atoms with Gasteiger partial charge in [0.25, 0.3) is 5.91 Å². The van der Waals surface area contributed by atoms with Crippen molar-refractivity contribution in [2.24, 2.45) is 0 Å². The van der Waals surface area contributed by atoms with Crippen molar-refractivity contribution in [3.63, 3.8) is 0 Å². The third kappa shape index (κ3) is 6.88. The monoisotopic (exact) mass is 292 g/mol. The molecule has 1 aromatic rings. The number of amides is 1. The summed E-state index contributed by atoms with van der Waals surface area (Å²) >= 11 is 0. The Kier molecular flexibility index (Phi) is 8.09. The Labute approximate surface area is 125 Å². The van der Waals surface area contributed by atoms with Gasteiger partial charge in [0.15, 0.2) is 0 Å². The smallest absolute Gasteiger partial charge is 0.326 e. The number of carbonyl (C=O) groups excluding carboxylic acids is 1. The highest BCUT2D eigenvalue weighted by molar-refractivity contribution is 5.96. The van der Waals surface area contributed by atoms with Crippen molar-refractivity contribution in [2.75, 3.05) is 0 Å². The molecule has 1 heterocycles. The number of hydrogen-bond acceptors (Lipinski definition) is 3. The number of aliphatic carboxylic acids is 1. The summed E-state index contributed by atoms with van der Waals surface area (Å²) in [4.78, 5) is 27.0. The third-order valence-corrected chi connectivity index (χ3v) is 3.37. The van der Waals surface area contributed by atoms with Gasteiger partial charge in [0, 0.05) is 12.4 Å². The van der Waals surface area contributed by atoms with E-state index in [-0.39, 0.29) is 5.91 Å². The molecule has 5 heteroatoms. The zero-order valence-electron chi connectivity index (χ0n) is 12.5. The summed E-state index contributed by atoms with van der Waals surface area (Å²) in [6, 6.07) is 2.44. The maximum atomic E-state index is 11.9. The lowest BCUT2D eigenvalue weighted by atomic mass is 10.1. The number of rotatable bonds is 10. The Bertz CT molecular complexity index is 434. The van der Waals surface area contributed by atoms with Crippen LogP contribution < -0.4 is 5.32 Å². The molecule has 1 aromatic heterocycles. The standard InChI is InChI=1S/C16H24N2O3/c1-2-3-4-5-6-7-10-14(16(20)21)18-15(19)13-9-8-11-17-12-13/h8-9,11-12,14H,2-7,10H2,1H3,(H,18,19)(H,20,21)/t14-/m0/s1. The van der Waals surface area contributed by atoms with Crippen LogP contribution in [0.4, 0.5) is 0 Å². The van der Waals surface area contributed by atoms with Crippen molar-refractivity contribution in [3.05, 3.63) is 30.1 Å². The minimum absolute atomic E-state index is 0.381. The Hall–Kier alpha value is -1.91. The number of nitrogens with one attached hydrogen (secondary N) is 1. The zero-order valence-corrected chi connectivity index (χ0v) is 12.5. The van der Waals surface area contributed by atoms with Gasteiger partial charge in [-0.2, -0.15) is 0 Å². The average Bonchev–Trinajstić information content (AvgIpc) is 2.50. The summed E-state index contributed by atoms with van der Waals surface area (Å²) in [7, 11) is 0. The van der Waals surface area contributed by atoms with E-state index in [9.17, 15) is 14.7 Å². The van der Waals surface area contributed by atoms with E-state index < -0.39 is 12.0 Å². The van der Waals surface area contributed by atoms with Crippen molar-refractivity contribution in [2.45, 2.75) is 57.9 Å². The summed E-state index contributed by atoms with van der Waals surface area (Å²) in [6.45, 7) is 2.16. The first-order valence-corrected chi connectivity index (χ1v) is 7.58. The Morgan fingerprint density at radius 2 is 1.95 bits per heavy atom. The van der Waals surface area contributed by atoms with Gasteiger partial charge in [-0.1, -0.05) is 45.4 Å². The molecule has 0 aliphatic rings. The van der Waals surface area contributed by atoms with E-state index in [1.165, 1.54) is 25.5 Å². The van der Waals surface area contributed by atoms with E-state index in [4.69, 9.17) is 0 Å². The van der Waals surface area contributed by atoms with Crippen LogP contribution in [0.5, 0.6) is 0 Å². The number of aromatic nitrogens is 1. The van der Waals surface area contributed by atoms with Crippen LogP contribution in [0.2, 0.25) is 0 Å². The predicted octanol–water partition coefficient (Wildman–Crippen LogP) is 3.02. The highest BCUT2D eigenvalue weighted by Gasteiger charge is 2.20. The lowest BCUT2D eigenvalue weighted by Gasteiger charge is -2.14. The van der Waals surface area contributed by atoms with Crippen molar-refractivity contribution in [3.8, 4) is 0 Å². The van der Waals surface area contributed by atoms with Gasteiger partial charge >= 0.3 is 5.97 Å². The fourth-order valence-electron chi connectivity index (χ4n) is 2.12. The lowest BCUT2D eigenvalue weighted by molar-refractivity contribution is -0.139. The van der Waals surface area contributed by atoms with Crippen LogP contribution in [0.15, 0.2) is 24.5 Å². The van der Waals surface area contributed by atoms with Crippen LogP contribution in [0, 0.1) is 0 Å². The van der Waals surface area contributed by atoms with E-state index in [2.05, 4.69) is 17.2 Å². The van der Waals surface area contributed by atoms with Crippen molar-refractivity contribution < 1.29 is 14.7 Å². The van der Waals surface area contributed by atoms with E-state index >= 15 is 0 Å². The van der Waals surface area contributed by atoms with Crippen LogP contribution in [0.3, 0.4) is 0 Å². The largest absolute Gasteiger partial charge is 0.480 e. The number of carbonyl (C=O) groups is 2. The van der Waals surface area contributed by atoms with Gasteiger partial charge in [-0.3, -0.25) is 9.78 Å². The second kappa shape index (κ2) is 9.91. The Morgan fingerprint density at radius 1 is 1.24 bits per heavy atom. The van der Waals surface area contributed by atoms with Crippen LogP contribution >= 0.6 is 0 Å². The maximum absolute atomic E-state index is 11.9. The third-order valence-electron chi connectivity index (χ3n) is 3.37. The molecule has 0 saturated carbocycles. The molecule has 116 valence electrons. The first-order chi connectivity index (χ1) is 10.1. The number of pyridine rings is 1. The average molecular weight is 292 g/mol. The fraction of sp³-hybridized carbons (Fsp3) is 0.562. The van der Waals surface area contributed by atoms with Gasteiger partial charge in [-0.25, -0.2) is 4.79 Å². The number of unbranched alkanes of at least 4 members (excludes halogenated alkanes) is 5. The van der Waals surface area contributed by atoms with Gasteiger partial charge < -0.3 is 10.4 Å². The molecule has 0 aliphatic carbocycles. The Balaban J connectivity index is 2.36. The van der Waals surface area contributed by atoms with Crippen LogP contribution in [0.25, 0.3) is 0 Å². The van der Waals surface area contributed by atoms with Gasteiger partial charge in [0.1, 0.15) is 6.04 Å². The molecule has 0 saturated heterocycles. The summed E-state index contributed by atoms with van der Waals surface area (Å²) in [5, 5.41) is 11.7. The quantitative estimate of drug-likeness (QED) is 0.650. The van der Waals surface area contributed by atoms with E-state index in [0.29, 0.717) is 12.0 Å². The molecule has 0 aromatic carbocycles. The van der Waals surface area contributed by atoms with Crippen LogP contribution in [0.1, 0.15) is 62.2 Å². The van der Waals surface area contributed by atoms with Gasteiger partial charge in [-0.05, 0) is 18.6 Å². The minimum Gasteiger partial charge on any atom is -0.480 e. The van der Waals surface area contributed by atoms with Gasteiger partial charge in [0.05, 0.1) is 5.56 Å². The molecule has 1 atom stereocenters. The van der Waals surface area contributed by atoms with E-state index in [1.807, 2.05) is 0 Å². The lowest BCUT2D eigenvalue weighted by Crippen LogP contribution is -2.40. The summed E-state index contributed by atoms with van der Waals surface area (Å²) in [5.41, 5.74) is 0.381. The molecule has 0 bridgehead atoms. The predicted molar refractivity (Wildman–Crippen MR) is 81.1 cm³/mol. The van der Waals surface area contributed by atoms with Crippen LogP contribution in [-0.4, -0.2) is 28.0 Å². The highest BCUT2D eigenvalue weighted by atomic mass is 16.4. The minimum atomic E-state index is -0.985. The first-order valence-electron chi connectivity index (χ1n) is 7.58. The molecule has 0 spiro atoms. The molecule has 5 nitrogen and oxygen atoms in total. The summed E-state index contributed by atoms with van der Waals surface area (Å²) in [5.74, 6) is -1.37. The molecule has 0 radical (unpaired) electrons. The Morgan fingerprint density at radius 3 is 2.57 bits per heavy atom.